The number of ether oxygens (including phenoxy) is 2. The second-order valence-electron chi connectivity index (χ2n) is 7.95. The Labute approximate surface area is 193 Å². The van der Waals surface area contributed by atoms with E-state index in [-0.39, 0.29) is 18.2 Å². The predicted molar refractivity (Wildman–Crippen MR) is 128 cm³/mol. The highest BCUT2D eigenvalue weighted by Crippen LogP contribution is 2.29. The molecule has 1 N–H and O–H groups in total. The van der Waals surface area contributed by atoms with Gasteiger partial charge in [0.05, 0.1) is 17.2 Å². The zero-order valence-electron chi connectivity index (χ0n) is 19.3. The van der Waals surface area contributed by atoms with Gasteiger partial charge in [0.25, 0.3) is 11.6 Å². The molecule has 33 heavy (non-hydrogen) atoms. The molecule has 3 rings (SSSR count). The lowest BCUT2D eigenvalue weighted by molar-refractivity contribution is -0.384. The number of carbonyl (C=O) groups is 1. The number of amides is 1. The molecule has 0 heterocycles. The molecule has 1 amide bonds. The van der Waals surface area contributed by atoms with Crippen LogP contribution >= 0.6 is 0 Å². The van der Waals surface area contributed by atoms with Crippen LogP contribution in [0.1, 0.15) is 53.7 Å². The van der Waals surface area contributed by atoms with Crippen LogP contribution in [0.3, 0.4) is 0 Å². The summed E-state index contributed by atoms with van der Waals surface area (Å²) in [5, 5.41) is 13.9. The van der Waals surface area contributed by atoms with Gasteiger partial charge in [-0.05, 0) is 55.2 Å². The van der Waals surface area contributed by atoms with Crippen molar-refractivity contribution >= 4 is 17.3 Å². The first-order valence-corrected chi connectivity index (χ1v) is 10.8. The first kappa shape index (κ1) is 23.8. The van der Waals surface area contributed by atoms with Gasteiger partial charge in [-0.3, -0.25) is 14.9 Å². The van der Waals surface area contributed by atoms with Crippen molar-refractivity contribution in [2.75, 3.05) is 11.9 Å². The molecular weight excluding hydrogens is 420 g/mol. The summed E-state index contributed by atoms with van der Waals surface area (Å²) in [5.41, 5.74) is 3.28. The molecule has 0 bridgehead atoms. The Balaban J connectivity index is 1.85. The number of rotatable bonds is 9. The van der Waals surface area contributed by atoms with E-state index in [0.29, 0.717) is 29.5 Å². The molecule has 0 fully saturated rings. The number of aryl methyl sites for hydroxylation is 1. The van der Waals surface area contributed by atoms with Crippen LogP contribution in [0, 0.1) is 17.0 Å². The van der Waals surface area contributed by atoms with Gasteiger partial charge in [-0.25, -0.2) is 0 Å². The zero-order chi connectivity index (χ0) is 24.0. The lowest BCUT2D eigenvalue weighted by Gasteiger charge is -2.16. The van der Waals surface area contributed by atoms with Crippen LogP contribution in [-0.2, 0) is 6.61 Å². The third kappa shape index (κ3) is 5.88. The maximum Gasteiger partial charge on any atom is 0.271 e. The van der Waals surface area contributed by atoms with Crippen LogP contribution in [-0.4, -0.2) is 17.4 Å². The van der Waals surface area contributed by atoms with E-state index in [9.17, 15) is 14.9 Å². The molecule has 3 aromatic rings. The van der Waals surface area contributed by atoms with Gasteiger partial charge >= 0.3 is 0 Å². The maximum atomic E-state index is 12.9. The molecule has 0 aliphatic heterocycles. The highest BCUT2D eigenvalue weighted by molar-refractivity contribution is 6.05. The Morgan fingerprint density at radius 2 is 1.79 bits per heavy atom. The van der Waals surface area contributed by atoms with Crippen molar-refractivity contribution in [3.05, 3.63) is 93.0 Å². The molecule has 0 aliphatic carbocycles. The van der Waals surface area contributed by atoms with Gasteiger partial charge in [-0.15, -0.1) is 0 Å². The number of nitrogens with zero attached hydrogens (tertiary/aromatic N) is 1. The van der Waals surface area contributed by atoms with Crippen LogP contribution in [0.5, 0.6) is 11.5 Å². The first-order chi connectivity index (χ1) is 15.8. The molecule has 0 unspecified atom stereocenters. The molecule has 172 valence electrons. The molecule has 0 radical (unpaired) electrons. The van der Waals surface area contributed by atoms with Gasteiger partial charge in [-0.2, -0.15) is 0 Å². The second kappa shape index (κ2) is 10.6. The van der Waals surface area contributed by atoms with Crippen molar-refractivity contribution in [3.63, 3.8) is 0 Å². The number of carbonyl (C=O) groups excluding carboxylic acids is 1. The maximum absolute atomic E-state index is 12.9. The molecule has 0 atom stereocenters. The molecule has 0 aliphatic rings. The Morgan fingerprint density at radius 1 is 1.03 bits per heavy atom. The summed E-state index contributed by atoms with van der Waals surface area (Å²) in [6.45, 7) is 8.60. The van der Waals surface area contributed by atoms with Crippen LogP contribution in [0.2, 0.25) is 0 Å². The van der Waals surface area contributed by atoms with E-state index in [1.54, 1.807) is 31.2 Å². The number of hydrogen-bond donors (Lipinski definition) is 1. The highest BCUT2D eigenvalue weighted by atomic mass is 16.6. The van der Waals surface area contributed by atoms with E-state index >= 15 is 0 Å². The number of non-ortho nitro benzene ring substituents is 1. The minimum Gasteiger partial charge on any atom is -0.493 e. The highest BCUT2D eigenvalue weighted by Gasteiger charge is 2.15. The molecular formula is C26H28N2O5. The predicted octanol–water partition coefficient (Wildman–Crippen LogP) is 6.26. The van der Waals surface area contributed by atoms with Crippen LogP contribution in [0.25, 0.3) is 0 Å². The molecule has 3 aromatic carbocycles. The Hall–Kier alpha value is -3.87. The fourth-order valence-electron chi connectivity index (χ4n) is 3.43. The summed E-state index contributed by atoms with van der Waals surface area (Å²) < 4.78 is 11.8. The van der Waals surface area contributed by atoms with Crippen molar-refractivity contribution < 1.29 is 19.2 Å². The van der Waals surface area contributed by atoms with Crippen molar-refractivity contribution in [2.45, 2.75) is 40.2 Å². The van der Waals surface area contributed by atoms with Crippen molar-refractivity contribution in [1.82, 2.24) is 0 Å². The lowest BCUT2D eigenvalue weighted by atomic mass is 10.0. The standard InChI is InChI=1S/C26H28N2O5/c1-5-32-24-13-11-19(26(29)27-23-15-21(28(30)31)12-10-18(23)4)14-20(24)16-33-25-9-7-6-8-22(25)17(2)3/h6-15,17H,5,16H2,1-4H3,(H,27,29). The number of benzene rings is 3. The fraction of sp³-hybridized carbons (Fsp3) is 0.269. The summed E-state index contributed by atoms with van der Waals surface area (Å²) in [6.07, 6.45) is 0. The van der Waals surface area contributed by atoms with E-state index < -0.39 is 4.92 Å². The fourth-order valence-corrected chi connectivity index (χ4v) is 3.43. The topological polar surface area (TPSA) is 90.7 Å². The van der Waals surface area contributed by atoms with Gasteiger partial charge < -0.3 is 14.8 Å². The Bertz CT molecular complexity index is 1160. The van der Waals surface area contributed by atoms with Gasteiger partial charge in [0.2, 0.25) is 0 Å². The van der Waals surface area contributed by atoms with Crippen molar-refractivity contribution in [1.29, 1.82) is 0 Å². The first-order valence-electron chi connectivity index (χ1n) is 10.8. The molecule has 7 heteroatoms. The average molecular weight is 449 g/mol. The number of hydrogen-bond acceptors (Lipinski definition) is 5. The van der Waals surface area contributed by atoms with E-state index in [2.05, 4.69) is 19.2 Å². The molecule has 0 spiro atoms. The number of nitro groups is 1. The second-order valence-corrected chi connectivity index (χ2v) is 7.95. The monoisotopic (exact) mass is 448 g/mol. The summed E-state index contributed by atoms with van der Waals surface area (Å²) in [5.74, 6) is 1.37. The van der Waals surface area contributed by atoms with E-state index in [4.69, 9.17) is 9.47 Å². The normalized spacial score (nSPS) is 10.7. The third-order valence-electron chi connectivity index (χ3n) is 5.23. The Kier molecular flexibility index (Phi) is 7.66. The van der Waals surface area contributed by atoms with Crippen LogP contribution < -0.4 is 14.8 Å². The van der Waals surface area contributed by atoms with Gasteiger partial charge in [0, 0.05) is 23.3 Å². The minimum atomic E-state index is -0.490. The lowest BCUT2D eigenvalue weighted by Crippen LogP contribution is -2.14. The number of para-hydroxylation sites is 1. The van der Waals surface area contributed by atoms with Gasteiger partial charge in [0.1, 0.15) is 18.1 Å². The van der Waals surface area contributed by atoms with Gasteiger partial charge in [-0.1, -0.05) is 38.1 Å². The molecule has 0 aromatic heterocycles. The van der Waals surface area contributed by atoms with Crippen molar-refractivity contribution in [3.8, 4) is 11.5 Å². The van der Waals surface area contributed by atoms with Crippen molar-refractivity contribution in [2.24, 2.45) is 0 Å². The largest absolute Gasteiger partial charge is 0.493 e. The third-order valence-corrected chi connectivity index (χ3v) is 5.23. The smallest absolute Gasteiger partial charge is 0.271 e. The number of nitro benzene ring substituents is 1. The van der Waals surface area contributed by atoms with E-state index in [0.717, 1.165) is 22.4 Å². The van der Waals surface area contributed by atoms with Crippen LogP contribution in [0.15, 0.2) is 60.7 Å². The Morgan fingerprint density at radius 3 is 2.48 bits per heavy atom. The summed E-state index contributed by atoms with van der Waals surface area (Å²) in [6, 6.07) is 17.4. The minimum absolute atomic E-state index is 0.0829. The van der Waals surface area contributed by atoms with Gasteiger partial charge in [0.15, 0.2) is 0 Å². The number of anilines is 1. The molecule has 0 saturated carbocycles. The summed E-state index contributed by atoms with van der Waals surface area (Å²) in [7, 11) is 0. The number of nitrogens with one attached hydrogen (secondary N) is 1. The SMILES string of the molecule is CCOc1ccc(C(=O)Nc2cc([N+](=O)[O-])ccc2C)cc1COc1ccccc1C(C)C. The molecule has 0 saturated heterocycles. The molecule has 7 nitrogen and oxygen atoms in total. The summed E-state index contributed by atoms with van der Waals surface area (Å²) >= 11 is 0. The van der Waals surface area contributed by atoms with E-state index in [1.807, 2.05) is 31.2 Å². The summed E-state index contributed by atoms with van der Waals surface area (Å²) in [4.78, 5) is 23.5. The zero-order valence-corrected chi connectivity index (χ0v) is 19.3. The quantitative estimate of drug-likeness (QED) is 0.308. The van der Waals surface area contributed by atoms with Crippen LogP contribution in [0.4, 0.5) is 11.4 Å². The average Bonchev–Trinajstić information content (AvgIpc) is 2.79. The van der Waals surface area contributed by atoms with E-state index in [1.165, 1.54) is 12.1 Å².